The fourth-order valence-electron chi connectivity index (χ4n) is 1.34. The molecular formula is C17H19N3. The van der Waals surface area contributed by atoms with E-state index < -0.39 is 0 Å². The highest BCUT2D eigenvalue weighted by atomic mass is 14.7. The number of hydrogen-bond donors (Lipinski definition) is 1. The van der Waals surface area contributed by atoms with Crippen molar-refractivity contribution in [2.45, 2.75) is 20.3 Å². The monoisotopic (exact) mass is 265 g/mol. The molecule has 0 atom stereocenters. The van der Waals surface area contributed by atoms with Gasteiger partial charge < -0.3 is 5.73 Å². The van der Waals surface area contributed by atoms with Crippen LogP contribution in [0.1, 0.15) is 25.8 Å². The average Bonchev–Trinajstić information content (AvgIpc) is 2.48. The van der Waals surface area contributed by atoms with Crippen LogP contribution in [-0.2, 0) is 0 Å². The number of aliphatic imine (C=N–C) groups is 1. The summed E-state index contributed by atoms with van der Waals surface area (Å²) in [5.41, 5.74) is 8.77. The van der Waals surface area contributed by atoms with Gasteiger partial charge in [0.15, 0.2) is 5.69 Å². The summed E-state index contributed by atoms with van der Waals surface area (Å²) in [6.45, 7) is 11.1. The van der Waals surface area contributed by atoms with Crippen molar-refractivity contribution in [2.24, 2.45) is 4.99 Å². The number of nitrogens with zero attached hydrogens (tertiary/aromatic N) is 2. The van der Waals surface area contributed by atoms with Gasteiger partial charge in [-0.3, -0.25) is 4.99 Å². The Morgan fingerprint density at radius 1 is 1.05 bits per heavy atom. The lowest BCUT2D eigenvalue weighted by Crippen LogP contribution is -1.82. The van der Waals surface area contributed by atoms with Crippen LogP contribution in [-0.4, -0.2) is 6.21 Å². The molecule has 0 unspecified atom stereocenters. The van der Waals surface area contributed by atoms with E-state index in [-0.39, 0.29) is 0 Å². The molecule has 0 saturated heterocycles. The average molecular weight is 265 g/mol. The van der Waals surface area contributed by atoms with Gasteiger partial charge in [-0.15, -0.1) is 0 Å². The second kappa shape index (κ2) is 8.49. The first-order chi connectivity index (χ1) is 9.69. The minimum absolute atomic E-state index is 0.634. The van der Waals surface area contributed by atoms with Crippen molar-refractivity contribution in [2.75, 3.05) is 5.73 Å². The first kappa shape index (κ1) is 15.5. The van der Waals surface area contributed by atoms with Crippen molar-refractivity contribution in [3.05, 3.63) is 65.5 Å². The van der Waals surface area contributed by atoms with E-state index in [4.69, 9.17) is 12.3 Å². The predicted octanol–water partition coefficient (Wildman–Crippen LogP) is 4.99. The van der Waals surface area contributed by atoms with Crippen LogP contribution in [0.4, 0.5) is 17.1 Å². The van der Waals surface area contributed by atoms with Crippen LogP contribution < -0.4 is 5.73 Å². The number of nitrogens with two attached hydrogens (primary N) is 1. The van der Waals surface area contributed by atoms with Crippen LogP contribution >= 0.6 is 0 Å². The minimum Gasteiger partial charge on any atom is -0.399 e. The Balaban J connectivity index is 0.000000612. The van der Waals surface area contributed by atoms with Crippen LogP contribution in [0.25, 0.3) is 4.85 Å². The Morgan fingerprint density at radius 2 is 1.60 bits per heavy atom. The third-order valence-electron chi connectivity index (χ3n) is 2.28. The Labute approximate surface area is 120 Å². The van der Waals surface area contributed by atoms with Gasteiger partial charge in [-0.25, -0.2) is 4.85 Å². The Kier molecular flexibility index (Phi) is 6.56. The van der Waals surface area contributed by atoms with E-state index in [2.05, 4.69) is 23.7 Å². The lowest BCUT2D eigenvalue weighted by atomic mass is 10.2. The summed E-state index contributed by atoms with van der Waals surface area (Å²) < 4.78 is 0. The van der Waals surface area contributed by atoms with Crippen molar-refractivity contribution in [1.29, 1.82) is 0 Å². The fourth-order valence-corrected chi connectivity index (χ4v) is 1.34. The van der Waals surface area contributed by atoms with Gasteiger partial charge in [-0.2, -0.15) is 0 Å². The van der Waals surface area contributed by atoms with Crippen LogP contribution in [0.15, 0.2) is 53.5 Å². The van der Waals surface area contributed by atoms with Gasteiger partial charge in [0, 0.05) is 11.9 Å². The van der Waals surface area contributed by atoms with Crippen molar-refractivity contribution < 1.29 is 0 Å². The molecule has 3 nitrogen and oxygen atoms in total. The molecule has 0 fully saturated rings. The van der Waals surface area contributed by atoms with E-state index in [1.807, 2.05) is 36.4 Å². The summed E-state index contributed by atoms with van der Waals surface area (Å²) in [6, 6.07) is 14.6. The molecule has 0 aliphatic carbocycles. The van der Waals surface area contributed by atoms with Gasteiger partial charge in [-0.05, 0) is 29.8 Å². The zero-order valence-corrected chi connectivity index (χ0v) is 11.9. The van der Waals surface area contributed by atoms with E-state index in [1.165, 1.54) is 6.42 Å². The van der Waals surface area contributed by atoms with E-state index in [0.717, 1.165) is 16.9 Å². The SMILES string of the molecule is CCC.[C-]#[N+]c1ccc(C=Nc2ccc(N)cc2)cc1. The van der Waals surface area contributed by atoms with Crippen molar-refractivity contribution >= 4 is 23.3 Å². The van der Waals surface area contributed by atoms with Crippen LogP contribution in [0.3, 0.4) is 0 Å². The molecule has 102 valence electrons. The number of nitrogen functional groups attached to an aromatic ring is 1. The Morgan fingerprint density at radius 3 is 2.10 bits per heavy atom. The lowest BCUT2D eigenvalue weighted by molar-refractivity contribution is 1.09. The third kappa shape index (κ3) is 5.36. The summed E-state index contributed by atoms with van der Waals surface area (Å²) in [5.74, 6) is 0. The Hall–Kier alpha value is -2.60. The maximum absolute atomic E-state index is 6.85. The Bertz CT molecular complexity index is 575. The molecule has 0 aliphatic heterocycles. The highest BCUT2D eigenvalue weighted by Crippen LogP contribution is 2.15. The quantitative estimate of drug-likeness (QED) is 0.464. The first-order valence-electron chi connectivity index (χ1n) is 6.56. The second-order valence-corrected chi connectivity index (χ2v) is 4.26. The van der Waals surface area contributed by atoms with Gasteiger partial charge in [0.1, 0.15) is 0 Å². The largest absolute Gasteiger partial charge is 0.399 e. The highest BCUT2D eigenvalue weighted by Gasteiger charge is 1.91. The number of rotatable bonds is 2. The molecule has 2 aromatic carbocycles. The smallest absolute Gasteiger partial charge is 0.187 e. The number of hydrogen-bond acceptors (Lipinski definition) is 2. The summed E-state index contributed by atoms with van der Waals surface area (Å²) in [7, 11) is 0. The van der Waals surface area contributed by atoms with E-state index in [9.17, 15) is 0 Å². The normalized spacial score (nSPS) is 9.65. The van der Waals surface area contributed by atoms with Crippen LogP contribution in [0.2, 0.25) is 0 Å². The molecule has 3 heteroatoms. The minimum atomic E-state index is 0.634. The summed E-state index contributed by atoms with van der Waals surface area (Å²) in [6.07, 6.45) is 3.01. The molecule has 0 saturated carbocycles. The summed E-state index contributed by atoms with van der Waals surface area (Å²) >= 11 is 0. The van der Waals surface area contributed by atoms with Crippen LogP contribution in [0, 0.1) is 6.57 Å². The molecule has 0 spiro atoms. The summed E-state index contributed by atoms with van der Waals surface area (Å²) in [5, 5.41) is 0. The summed E-state index contributed by atoms with van der Waals surface area (Å²) in [4.78, 5) is 7.65. The van der Waals surface area contributed by atoms with Crippen LogP contribution in [0.5, 0.6) is 0 Å². The molecule has 0 aliphatic rings. The van der Waals surface area contributed by atoms with Gasteiger partial charge in [-0.1, -0.05) is 44.5 Å². The molecular weight excluding hydrogens is 246 g/mol. The molecule has 0 aromatic heterocycles. The fraction of sp³-hybridized carbons (Fsp3) is 0.176. The van der Waals surface area contributed by atoms with Crippen molar-refractivity contribution in [1.82, 2.24) is 0 Å². The van der Waals surface area contributed by atoms with Crippen molar-refractivity contribution in [3.8, 4) is 0 Å². The number of benzene rings is 2. The molecule has 0 heterocycles. The maximum atomic E-state index is 6.85. The highest BCUT2D eigenvalue weighted by molar-refractivity contribution is 5.82. The van der Waals surface area contributed by atoms with Gasteiger partial charge >= 0.3 is 0 Å². The van der Waals surface area contributed by atoms with Gasteiger partial charge in [0.05, 0.1) is 12.3 Å². The zero-order valence-electron chi connectivity index (χ0n) is 11.9. The van der Waals surface area contributed by atoms with E-state index in [1.54, 1.807) is 18.3 Å². The van der Waals surface area contributed by atoms with Gasteiger partial charge in [0.2, 0.25) is 0 Å². The molecule has 20 heavy (non-hydrogen) atoms. The van der Waals surface area contributed by atoms with E-state index in [0.29, 0.717) is 5.69 Å². The van der Waals surface area contributed by atoms with Crippen molar-refractivity contribution in [3.63, 3.8) is 0 Å². The molecule has 0 amide bonds. The lowest BCUT2D eigenvalue weighted by Gasteiger charge is -1.95. The second-order valence-electron chi connectivity index (χ2n) is 4.26. The first-order valence-corrected chi connectivity index (χ1v) is 6.56. The predicted molar refractivity (Wildman–Crippen MR) is 86.8 cm³/mol. The topological polar surface area (TPSA) is 42.7 Å². The zero-order chi connectivity index (χ0) is 14.8. The molecule has 2 N–H and O–H groups in total. The molecule has 2 aromatic rings. The van der Waals surface area contributed by atoms with E-state index >= 15 is 0 Å². The molecule has 0 bridgehead atoms. The van der Waals surface area contributed by atoms with Gasteiger partial charge in [0.25, 0.3) is 0 Å². The third-order valence-corrected chi connectivity index (χ3v) is 2.28. The molecule has 0 radical (unpaired) electrons. The maximum Gasteiger partial charge on any atom is 0.187 e. The number of anilines is 1. The molecule has 2 rings (SSSR count). The standard InChI is InChI=1S/C14H11N3.C3H8/c1-16-13-6-2-11(3-7-13)10-17-14-8-4-12(15)5-9-14;1-3-2/h2-10H,15H2;3H2,1-2H3.